The number of nitrogens with two attached hydrogens (primary N) is 1. The standard InChI is InChI=1S/C13H15N5/c1-18(2)7-10-16-11-8-5-3-4-6-9(8)15-13(14)12(11)17-10/h3-6H,7H2,1-2H3,(H2,14,15)(H,16,17). The van der Waals surface area contributed by atoms with Crippen LogP contribution in [0.25, 0.3) is 21.9 Å². The summed E-state index contributed by atoms with van der Waals surface area (Å²) < 4.78 is 0. The molecule has 5 heteroatoms. The fourth-order valence-electron chi connectivity index (χ4n) is 2.13. The van der Waals surface area contributed by atoms with Gasteiger partial charge in [0.25, 0.3) is 0 Å². The topological polar surface area (TPSA) is 70.8 Å². The molecule has 0 fully saturated rings. The summed E-state index contributed by atoms with van der Waals surface area (Å²) in [5, 5.41) is 1.03. The summed E-state index contributed by atoms with van der Waals surface area (Å²) in [7, 11) is 4.01. The molecule has 0 spiro atoms. The van der Waals surface area contributed by atoms with E-state index >= 15 is 0 Å². The molecule has 0 aliphatic heterocycles. The lowest BCUT2D eigenvalue weighted by Gasteiger charge is -2.04. The van der Waals surface area contributed by atoms with Crippen molar-refractivity contribution in [3.05, 3.63) is 30.1 Å². The van der Waals surface area contributed by atoms with Crippen molar-refractivity contribution in [2.24, 2.45) is 0 Å². The molecule has 0 unspecified atom stereocenters. The van der Waals surface area contributed by atoms with Gasteiger partial charge in [0.05, 0.1) is 12.1 Å². The monoisotopic (exact) mass is 241 g/mol. The first-order chi connectivity index (χ1) is 8.65. The van der Waals surface area contributed by atoms with Gasteiger partial charge >= 0.3 is 0 Å². The summed E-state index contributed by atoms with van der Waals surface area (Å²) in [5.41, 5.74) is 8.57. The highest BCUT2D eigenvalue weighted by Gasteiger charge is 2.11. The second-order valence-corrected chi connectivity index (χ2v) is 4.66. The summed E-state index contributed by atoms with van der Waals surface area (Å²) in [4.78, 5) is 14.3. The van der Waals surface area contributed by atoms with Crippen LogP contribution in [0.5, 0.6) is 0 Å². The highest BCUT2D eigenvalue weighted by atomic mass is 15.1. The Morgan fingerprint density at radius 1 is 1.22 bits per heavy atom. The van der Waals surface area contributed by atoms with Crippen LogP contribution in [0.2, 0.25) is 0 Å². The molecule has 0 bridgehead atoms. The van der Waals surface area contributed by atoms with Crippen LogP contribution in [-0.2, 0) is 6.54 Å². The lowest BCUT2D eigenvalue weighted by molar-refractivity contribution is 0.392. The van der Waals surface area contributed by atoms with Crippen LogP contribution in [0, 0.1) is 0 Å². The Labute approximate surface area is 105 Å². The summed E-state index contributed by atoms with van der Waals surface area (Å²) in [6.07, 6.45) is 0. The van der Waals surface area contributed by atoms with E-state index in [1.165, 1.54) is 0 Å². The number of imidazole rings is 1. The molecular weight excluding hydrogens is 226 g/mol. The van der Waals surface area contributed by atoms with E-state index < -0.39 is 0 Å². The van der Waals surface area contributed by atoms with Gasteiger partial charge in [-0.25, -0.2) is 9.97 Å². The minimum Gasteiger partial charge on any atom is -0.382 e. The molecule has 18 heavy (non-hydrogen) atoms. The van der Waals surface area contributed by atoms with Crippen molar-refractivity contribution in [1.29, 1.82) is 0 Å². The Kier molecular flexibility index (Phi) is 2.41. The Morgan fingerprint density at radius 3 is 2.78 bits per heavy atom. The SMILES string of the molecule is CN(C)Cc1nc2c([nH]1)c(N)nc1ccccc12. The number of anilines is 1. The third-order valence-corrected chi connectivity index (χ3v) is 2.88. The molecule has 0 aliphatic rings. The molecule has 2 aromatic heterocycles. The highest BCUT2D eigenvalue weighted by molar-refractivity contribution is 6.05. The first kappa shape index (κ1) is 11.0. The van der Waals surface area contributed by atoms with Gasteiger partial charge in [0.15, 0.2) is 0 Å². The van der Waals surface area contributed by atoms with Crippen molar-refractivity contribution < 1.29 is 0 Å². The predicted molar refractivity (Wildman–Crippen MR) is 73.2 cm³/mol. The van der Waals surface area contributed by atoms with E-state index in [0.29, 0.717) is 5.82 Å². The highest BCUT2D eigenvalue weighted by Crippen LogP contribution is 2.25. The zero-order chi connectivity index (χ0) is 12.7. The van der Waals surface area contributed by atoms with Crippen LogP contribution in [0.15, 0.2) is 24.3 Å². The summed E-state index contributed by atoms with van der Waals surface area (Å²) in [6.45, 7) is 0.752. The number of hydrogen-bond acceptors (Lipinski definition) is 4. The van der Waals surface area contributed by atoms with E-state index in [1.807, 2.05) is 38.4 Å². The number of hydrogen-bond donors (Lipinski definition) is 2. The van der Waals surface area contributed by atoms with E-state index in [0.717, 1.165) is 34.3 Å². The molecule has 3 N–H and O–H groups in total. The first-order valence-electron chi connectivity index (χ1n) is 5.82. The zero-order valence-electron chi connectivity index (χ0n) is 10.4. The molecule has 3 rings (SSSR count). The van der Waals surface area contributed by atoms with Gasteiger partial charge in [-0.3, -0.25) is 0 Å². The fourth-order valence-corrected chi connectivity index (χ4v) is 2.13. The second kappa shape index (κ2) is 3.96. The number of benzene rings is 1. The third-order valence-electron chi connectivity index (χ3n) is 2.88. The number of rotatable bonds is 2. The Bertz CT molecular complexity index is 714. The molecule has 1 aromatic carbocycles. The van der Waals surface area contributed by atoms with Crippen molar-refractivity contribution in [3.8, 4) is 0 Å². The van der Waals surface area contributed by atoms with Crippen LogP contribution in [0.1, 0.15) is 5.82 Å². The van der Waals surface area contributed by atoms with Gasteiger partial charge in [-0.2, -0.15) is 0 Å². The lowest BCUT2D eigenvalue weighted by atomic mass is 10.2. The zero-order valence-corrected chi connectivity index (χ0v) is 10.4. The van der Waals surface area contributed by atoms with Gasteiger partial charge in [-0.15, -0.1) is 0 Å². The summed E-state index contributed by atoms with van der Waals surface area (Å²) in [6, 6.07) is 7.91. The van der Waals surface area contributed by atoms with Crippen molar-refractivity contribution in [1.82, 2.24) is 19.9 Å². The average Bonchev–Trinajstić information content (AvgIpc) is 2.73. The maximum absolute atomic E-state index is 5.97. The number of pyridine rings is 1. The van der Waals surface area contributed by atoms with Gasteiger partial charge in [-0.05, 0) is 20.2 Å². The van der Waals surface area contributed by atoms with Crippen LogP contribution in [0.3, 0.4) is 0 Å². The number of nitrogen functional groups attached to an aromatic ring is 1. The molecule has 92 valence electrons. The van der Waals surface area contributed by atoms with Gasteiger partial charge < -0.3 is 15.6 Å². The molecule has 2 heterocycles. The quantitative estimate of drug-likeness (QED) is 0.717. The predicted octanol–water partition coefficient (Wildman–Crippen LogP) is 1.75. The van der Waals surface area contributed by atoms with E-state index in [-0.39, 0.29) is 0 Å². The van der Waals surface area contributed by atoms with Crippen LogP contribution in [-0.4, -0.2) is 33.9 Å². The largest absolute Gasteiger partial charge is 0.382 e. The second-order valence-electron chi connectivity index (χ2n) is 4.66. The minimum atomic E-state index is 0.501. The van der Waals surface area contributed by atoms with E-state index in [1.54, 1.807) is 0 Å². The van der Waals surface area contributed by atoms with Gasteiger partial charge in [0, 0.05) is 5.39 Å². The molecule has 0 amide bonds. The number of aromatic nitrogens is 3. The minimum absolute atomic E-state index is 0.501. The third kappa shape index (κ3) is 1.69. The summed E-state index contributed by atoms with van der Waals surface area (Å²) in [5.74, 6) is 1.40. The van der Waals surface area contributed by atoms with Gasteiger partial charge in [-0.1, -0.05) is 18.2 Å². The molecule has 3 aromatic rings. The molecular formula is C13H15N5. The Balaban J connectivity index is 2.31. The first-order valence-corrected chi connectivity index (χ1v) is 5.82. The van der Waals surface area contributed by atoms with Crippen LogP contribution in [0.4, 0.5) is 5.82 Å². The summed E-state index contributed by atoms with van der Waals surface area (Å²) >= 11 is 0. The molecule has 0 saturated heterocycles. The molecule has 0 saturated carbocycles. The number of nitrogens with zero attached hydrogens (tertiary/aromatic N) is 3. The molecule has 5 nitrogen and oxygen atoms in total. The Hall–Kier alpha value is -2.14. The van der Waals surface area contributed by atoms with Gasteiger partial charge in [0.2, 0.25) is 0 Å². The molecule has 0 atom stereocenters. The maximum Gasteiger partial charge on any atom is 0.150 e. The van der Waals surface area contributed by atoms with E-state index in [2.05, 4.69) is 19.9 Å². The van der Waals surface area contributed by atoms with Crippen molar-refractivity contribution in [2.45, 2.75) is 6.54 Å². The number of H-pyrrole nitrogens is 1. The Morgan fingerprint density at radius 2 is 2.00 bits per heavy atom. The maximum atomic E-state index is 5.97. The molecule has 0 aliphatic carbocycles. The fraction of sp³-hybridized carbons (Fsp3) is 0.231. The van der Waals surface area contributed by atoms with Gasteiger partial charge in [0.1, 0.15) is 22.7 Å². The van der Waals surface area contributed by atoms with Crippen molar-refractivity contribution in [2.75, 3.05) is 19.8 Å². The number of nitrogens with one attached hydrogen (secondary N) is 1. The average molecular weight is 241 g/mol. The smallest absolute Gasteiger partial charge is 0.150 e. The van der Waals surface area contributed by atoms with Crippen molar-refractivity contribution in [3.63, 3.8) is 0 Å². The van der Waals surface area contributed by atoms with E-state index in [4.69, 9.17) is 5.73 Å². The lowest BCUT2D eigenvalue weighted by Crippen LogP contribution is -2.11. The van der Waals surface area contributed by atoms with Crippen molar-refractivity contribution >= 4 is 27.8 Å². The van der Waals surface area contributed by atoms with Crippen LogP contribution < -0.4 is 5.73 Å². The molecule has 0 radical (unpaired) electrons. The van der Waals surface area contributed by atoms with E-state index in [9.17, 15) is 0 Å². The number of fused-ring (bicyclic) bond motifs is 3. The number of para-hydroxylation sites is 1. The number of aromatic amines is 1. The normalized spacial score (nSPS) is 11.7. The van der Waals surface area contributed by atoms with Crippen LogP contribution >= 0.6 is 0 Å².